The van der Waals surface area contributed by atoms with Crippen LogP contribution in [-0.2, 0) is 9.47 Å². The first kappa shape index (κ1) is 31.9. The maximum atomic E-state index is 10.5. The van der Waals surface area contributed by atoms with Gasteiger partial charge in [0.25, 0.3) is 0 Å². The molecule has 14 atom stereocenters. The van der Waals surface area contributed by atoms with Gasteiger partial charge < -0.3 is 29.9 Å². The standard InChI is InChI=1S/C35H60O6/c1-7-22(20(2)3)9-8-21(4)26-12-13-27-25-11-10-23-18-24(14-16-34(23,5)28(25)15-17-35(26,27)6)40-33-32(39)31(38)30(37)29(19-36)41-33/h10,20-22,24-33,36-39H,7-9,11-19H2,1-6H3/t21?,22?,24?,25?,26?,27?,28?,29-,30-,31+,32-,33?,34?,35?/m1/s1. The van der Waals surface area contributed by atoms with Crippen LogP contribution in [0.2, 0.25) is 0 Å². The van der Waals surface area contributed by atoms with Crippen molar-refractivity contribution in [2.45, 2.75) is 149 Å². The number of ether oxygens (including phenoxy) is 2. The highest BCUT2D eigenvalue weighted by molar-refractivity contribution is 5.25. The predicted molar refractivity (Wildman–Crippen MR) is 161 cm³/mol. The Morgan fingerprint density at radius 2 is 1.71 bits per heavy atom. The first-order chi connectivity index (χ1) is 19.4. The van der Waals surface area contributed by atoms with E-state index in [4.69, 9.17) is 9.47 Å². The van der Waals surface area contributed by atoms with Crippen LogP contribution in [0.1, 0.15) is 112 Å². The molecule has 0 bridgehead atoms. The highest BCUT2D eigenvalue weighted by atomic mass is 16.7. The molecule has 0 aromatic rings. The third-order valence-electron chi connectivity index (χ3n) is 13.5. The molecular formula is C35H60O6. The molecule has 6 heteroatoms. The van der Waals surface area contributed by atoms with Crippen molar-refractivity contribution < 1.29 is 29.9 Å². The molecule has 0 aromatic carbocycles. The second kappa shape index (κ2) is 12.5. The topological polar surface area (TPSA) is 99.4 Å². The summed E-state index contributed by atoms with van der Waals surface area (Å²) in [6.45, 7) is 14.5. The van der Waals surface area contributed by atoms with E-state index in [-0.39, 0.29) is 11.5 Å². The van der Waals surface area contributed by atoms with E-state index in [9.17, 15) is 20.4 Å². The van der Waals surface area contributed by atoms with E-state index in [0.29, 0.717) is 5.41 Å². The molecule has 5 rings (SSSR count). The van der Waals surface area contributed by atoms with Crippen LogP contribution >= 0.6 is 0 Å². The third kappa shape index (κ3) is 5.73. The van der Waals surface area contributed by atoms with Gasteiger partial charge in [-0.05, 0) is 110 Å². The fraction of sp³-hybridized carbons (Fsp3) is 0.943. The van der Waals surface area contributed by atoms with E-state index in [1.807, 2.05) is 0 Å². The molecule has 0 amide bonds. The lowest BCUT2D eigenvalue weighted by atomic mass is 9.47. The lowest BCUT2D eigenvalue weighted by molar-refractivity contribution is -0.313. The Labute approximate surface area is 249 Å². The summed E-state index contributed by atoms with van der Waals surface area (Å²) in [6, 6.07) is 0. The van der Waals surface area contributed by atoms with Crippen LogP contribution in [0, 0.1) is 52.3 Å². The van der Waals surface area contributed by atoms with Crippen LogP contribution in [-0.4, -0.2) is 63.8 Å². The molecule has 41 heavy (non-hydrogen) atoms. The van der Waals surface area contributed by atoms with Crippen LogP contribution < -0.4 is 0 Å². The average molecular weight is 577 g/mol. The highest BCUT2D eigenvalue weighted by Gasteiger charge is 2.59. The summed E-state index contributed by atoms with van der Waals surface area (Å²) in [5, 5.41) is 40.4. The Morgan fingerprint density at radius 1 is 0.951 bits per heavy atom. The SMILES string of the molecule is CCC(CCC(C)C1CCC2C3CC=C4CC(OC5O[C@H](CO)[C@@H](O)[C@H](O)[C@H]5O)CCC4(C)C3CCC12C)C(C)C. The number of rotatable bonds is 9. The largest absolute Gasteiger partial charge is 0.394 e. The van der Waals surface area contributed by atoms with Gasteiger partial charge in [-0.15, -0.1) is 0 Å². The number of aliphatic hydroxyl groups is 4. The molecule has 4 fully saturated rings. The van der Waals surface area contributed by atoms with Gasteiger partial charge in [-0.3, -0.25) is 0 Å². The minimum absolute atomic E-state index is 0.101. The molecule has 0 radical (unpaired) electrons. The van der Waals surface area contributed by atoms with Gasteiger partial charge in [0.15, 0.2) is 6.29 Å². The average Bonchev–Trinajstić information content (AvgIpc) is 3.30. The lowest BCUT2D eigenvalue weighted by Crippen LogP contribution is -2.60. The van der Waals surface area contributed by atoms with Gasteiger partial charge in [0.05, 0.1) is 12.7 Å². The van der Waals surface area contributed by atoms with Crippen molar-refractivity contribution in [2.75, 3.05) is 6.61 Å². The van der Waals surface area contributed by atoms with Crippen LogP contribution in [0.4, 0.5) is 0 Å². The molecule has 0 aromatic heterocycles. The number of aliphatic hydroxyl groups excluding tert-OH is 4. The van der Waals surface area contributed by atoms with Gasteiger partial charge in [0.1, 0.15) is 24.4 Å². The summed E-state index contributed by atoms with van der Waals surface area (Å²) in [5.41, 5.74) is 2.19. The first-order valence-electron chi connectivity index (χ1n) is 17.1. The zero-order valence-corrected chi connectivity index (χ0v) is 26.7. The lowest BCUT2D eigenvalue weighted by Gasteiger charge is -2.58. The van der Waals surface area contributed by atoms with E-state index < -0.39 is 37.3 Å². The van der Waals surface area contributed by atoms with E-state index >= 15 is 0 Å². The minimum atomic E-state index is -1.40. The summed E-state index contributed by atoms with van der Waals surface area (Å²) in [7, 11) is 0. The van der Waals surface area contributed by atoms with Crippen molar-refractivity contribution in [1.82, 2.24) is 0 Å². The first-order valence-corrected chi connectivity index (χ1v) is 17.1. The molecule has 0 spiro atoms. The maximum absolute atomic E-state index is 10.5. The number of fused-ring (bicyclic) bond motifs is 5. The second-order valence-corrected chi connectivity index (χ2v) is 15.7. The molecule has 10 unspecified atom stereocenters. The second-order valence-electron chi connectivity index (χ2n) is 15.7. The highest BCUT2D eigenvalue weighted by Crippen LogP contribution is 2.67. The quantitative estimate of drug-likeness (QED) is 0.257. The Bertz CT molecular complexity index is 918. The van der Waals surface area contributed by atoms with Gasteiger partial charge in [0, 0.05) is 0 Å². The van der Waals surface area contributed by atoms with Gasteiger partial charge in [-0.1, -0.05) is 66.0 Å². The van der Waals surface area contributed by atoms with Crippen LogP contribution in [0.25, 0.3) is 0 Å². The number of hydrogen-bond donors (Lipinski definition) is 4. The number of allylic oxidation sites excluding steroid dienone is 1. The molecule has 5 aliphatic rings. The maximum Gasteiger partial charge on any atom is 0.186 e. The fourth-order valence-electron chi connectivity index (χ4n) is 10.8. The fourth-order valence-corrected chi connectivity index (χ4v) is 10.8. The van der Waals surface area contributed by atoms with Crippen LogP contribution in [0.3, 0.4) is 0 Å². The molecule has 3 saturated carbocycles. The van der Waals surface area contributed by atoms with Gasteiger partial charge in [-0.2, -0.15) is 0 Å². The van der Waals surface area contributed by atoms with Crippen LogP contribution in [0.5, 0.6) is 0 Å². The molecule has 1 saturated heterocycles. The molecule has 6 nitrogen and oxygen atoms in total. The monoisotopic (exact) mass is 576 g/mol. The Hall–Kier alpha value is -0.500. The van der Waals surface area contributed by atoms with Crippen molar-refractivity contribution in [1.29, 1.82) is 0 Å². The Kier molecular flexibility index (Phi) is 9.71. The molecule has 236 valence electrons. The van der Waals surface area contributed by atoms with Crippen molar-refractivity contribution in [3.8, 4) is 0 Å². The summed E-state index contributed by atoms with van der Waals surface area (Å²) in [4.78, 5) is 0. The van der Waals surface area contributed by atoms with E-state index in [2.05, 4.69) is 47.6 Å². The zero-order chi connectivity index (χ0) is 29.7. The van der Waals surface area contributed by atoms with Gasteiger partial charge >= 0.3 is 0 Å². The normalized spacial score (nSPS) is 47.7. The van der Waals surface area contributed by atoms with Crippen molar-refractivity contribution in [2.24, 2.45) is 52.3 Å². The Morgan fingerprint density at radius 3 is 2.39 bits per heavy atom. The van der Waals surface area contributed by atoms with Crippen LogP contribution in [0.15, 0.2) is 11.6 Å². The summed E-state index contributed by atoms with van der Waals surface area (Å²) < 4.78 is 11.9. The Balaban J connectivity index is 1.24. The van der Waals surface area contributed by atoms with E-state index in [1.165, 1.54) is 56.9 Å². The number of hydrogen-bond acceptors (Lipinski definition) is 6. The molecule has 1 aliphatic heterocycles. The van der Waals surface area contributed by atoms with Crippen molar-refractivity contribution in [3.05, 3.63) is 11.6 Å². The zero-order valence-electron chi connectivity index (χ0n) is 26.7. The van der Waals surface area contributed by atoms with Crippen molar-refractivity contribution in [3.63, 3.8) is 0 Å². The summed E-state index contributed by atoms with van der Waals surface area (Å²) in [6.07, 6.45) is 9.92. The van der Waals surface area contributed by atoms with Gasteiger partial charge in [-0.25, -0.2) is 0 Å². The van der Waals surface area contributed by atoms with Gasteiger partial charge in [0.2, 0.25) is 0 Å². The molecule has 4 aliphatic carbocycles. The minimum Gasteiger partial charge on any atom is -0.394 e. The molecular weight excluding hydrogens is 516 g/mol. The smallest absolute Gasteiger partial charge is 0.186 e. The predicted octanol–water partition coefficient (Wildman–Crippen LogP) is 5.85. The molecule has 4 N–H and O–H groups in total. The molecule has 1 heterocycles. The van der Waals surface area contributed by atoms with Crippen molar-refractivity contribution >= 4 is 0 Å². The third-order valence-corrected chi connectivity index (χ3v) is 13.5. The summed E-state index contributed by atoms with van der Waals surface area (Å²) >= 11 is 0. The summed E-state index contributed by atoms with van der Waals surface area (Å²) in [5.74, 6) is 5.66. The van der Waals surface area contributed by atoms with E-state index in [1.54, 1.807) is 0 Å². The van der Waals surface area contributed by atoms with E-state index in [0.717, 1.165) is 60.7 Å².